The lowest BCUT2D eigenvalue weighted by Gasteiger charge is -2.15. The van der Waals surface area contributed by atoms with Crippen molar-refractivity contribution in [1.82, 2.24) is 15.3 Å². The first-order chi connectivity index (χ1) is 8.31. The number of hydrogen-bond acceptors (Lipinski definition) is 4. The van der Waals surface area contributed by atoms with E-state index in [0.717, 1.165) is 30.0 Å². The van der Waals surface area contributed by atoms with Gasteiger partial charge in [0.15, 0.2) is 0 Å². The van der Waals surface area contributed by atoms with Crippen LogP contribution in [-0.4, -0.2) is 16.5 Å². The molecule has 90 valence electrons. The minimum Gasteiger partial charge on any atom is -0.464 e. The van der Waals surface area contributed by atoms with E-state index in [2.05, 4.69) is 22.2 Å². The molecule has 4 heteroatoms. The van der Waals surface area contributed by atoms with Gasteiger partial charge in [0.1, 0.15) is 17.8 Å². The Labute approximate surface area is 101 Å². The van der Waals surface area contributed by atoms with E-state index in [1.807, 2.05) is 31.5 Å². The van der Waals surface area contributed by atoms with Gasteiger partial charge in [-0.15, -0.1) is 0 Å². The zero-order valence-corrected chi connectivity index (χ0v) is 10.2. The van der Waals surface area contributed by atoms with Crippen LogP contribution in [0.1, 0.15) is 36.5 Å². The van der Waals surface area contributed by atoms with E-state index in [4.69, 9.17) is 4.42 Å². The molecule has 0 aliphatic heterocycles. The van der Waals surface area contributed by atoms with Crippen LogP contribution in [0.15, 0.2) is 35.3 Å². The van der Waals surface area contributed by atoms with Gasteiger partial charge >= 0.3 is 0 Å². The molecular weight excluding hydrogens is 214 g/mol. The molecule has 0 amide bonds. The Balaban J connectivity index is 2.25. The van der Waals surface area contributed by atoms with Crippen LogP contribution in [0.2, 0.25) is 0 Å². The molecule has 1 N–H and O–H groups in total. The third-order valence-electron chi connectivity index (χ3n) is 2.56. The lowest BCUT2D eigenvalue weighted by atomic mass is 10.1. The van der Waals surface area contributed by atoms with E-state index in [1.165, 1.54) is 6.33 Å². The summed E-state index contributed by atoms with van der Waals surface area (Å²) in [4.78, 5) is 8.11. The normalized spacial score (nSPS) is 12.6. The molecule has 0 bridgehead atoms. The molecule has 2 aromatic rings. The van der Waals surface area contributed by atoms with Crippen LogP contribution in [-0.2, 0) is 0 Å². The Morgan fingerprint density at radius 2 is 2.06 bits per heavy atom. The number of aryl methyl sites for hydroxylation is 1. The maximum atomic E-state index is 5.68. The summed E-state index contributed by atoms with van der Waals surface area (Å²) in [6.45, 7) is 5.01. The molecule has 0 aliphatic carbocycles. The zero-order chi connectivity index (χ0) is 12.1. The summed E-state index contributed by atoms with van der Waals surface area (Å²) >= 11 is 0. The minimum absolute atomic E-state index is 0.0323. The summed E-state index contributed by atoms with van der Waals surface area (Å²) in [7, 11) is 0. The maximum Gasteiger partial charge on any atom is 0.125 e. The molecule has 0 saturated carbocycles. The Bertz CT molecular complexity index is 453. The van der Waals surface area contributed by atoms with Crippen molar-refractivity contribution in [2.45, 2.75) is 26.3 Å². The van der Waals surface area contributed by atoms with Crippen molar-refractivity contribution in [3.63, 3.8) is 0 Å². The summed E-state index contributed by atoms with van der Waals surface area (Å²) in [5.41, 5.74) is 1.02. The molecule has 2 heterocycles. The molecule has 2 aromatic heterocycles. The average molecular weight is 231 g/mol. The molecule has 2 rings (SSSR count). The highest BCUT2D eigenvalue weighted by Crippen LogP contribution is 2.22. The van der Waals surface area contributed by atoms with Gasteiger partial charge in [0.25, 0.3) is 0 Å². The molecule has 0 saturated heterocycles. The summed E-state index contributed by atoms with van der Waals surface area (Å²) in [6, 6.07) is 4.00. The molecule has 0 aliphatic rings. The molecule has 0 fully saturated rings. The smallest absolute Gasteiger partial charge is 0.125 e. The van der Waals surface area contributed by atoms with Crippen molar-refractivity contribution in [3.05, 3.63) is 47.9 Å². The highest BCUT2D eigenvalue weighted by molar-refractivity contribution is 5.22. The summed E-state index contributed by atoms with van der Waals surface area (Å²) < 4.78 is 5.68. The second kappa shape index (κ2) is 5.59. The standard InChI is InChI=1S/C13H17N3O/c1-3-6-16-13(11-7-14-9-15-8-11)12-5-4-10(2)17-12/h4-5,7-9,13,16H,3,6H2,1-2H3. The largest absolute Gasteiger partial charge is 0.464 e. The predicted molar refractivity (Wildman–Crippen MR) is 65.6 cm³/mol. The van der Waals surface area contributed by atoms with E-state index < -0.39 is 0 Å². The molecule has 4 nitrogen and oxygen atoms in total. The van der Waals surface area contributed by atoms with Crippen molar-refractivity contribution < 1.29 is 4.42 Å². The van der Waals surface area contributed by atoms with E-state index >= 15 is 0 Å². The minimum atomic E-state index is 0.0323. The van der Waals surface area contributed by atoms with E-state index in [0.29, 0.717) is 0 Å². The van der Waals surface area contributed by atoms with Crippen LogP contribution in [0.3, 0.4) is 0 Å². The zero-order valence-electron chi connectivity index (χ0n) is 10.2. The van der Waals surface area contributed by atoms with Gasteiger partial charge in [0, 0.05) is 18.0 Å². The van der Waals surface area contributed by atoms with Crippen LogP contribution in [0.5, 0.6) is 0 Å². The number of furan rings is 1. The number of nitrogens with one attached hydrogen (secondary N) is 1. The fourth-order valence-corrected chi connectivity index (χ4v) is 1.74. The van der Waals surface area contributed by atoms with Crippen LogP contribution < -0.4 is 5.32 Å². The van der Waals surface area contributed by atoms with Gasteiger partial charge in [0.2, 0.25) is 0 Å². The number of rotatable bonds is 5. The lowest BCUT2D eigenvalue weighted by Crippen LogP contribution is -2.23. The number of aromatic nitrogens is 2. The van der Waals surface area contributed by atoms with Crippen molar-refractivity contribution >= 4 is 0 Å². The van der Waals surface area contributed by atoms with E-state index in [1.54, 1.807) is 0 Å². The first-order valence-electron chi connectivity index (χ1n) is 5.86. The van der Waals surface area contributed by atoms with E-state index in [9.17, 15) is 0 Å². The summed E-state index contributed by atoms with van der Waals surface area (Å²) in [6.07, 6.45) is 6.24. The topological polar surface area (TPSA) is 51.0 Å². The fourth-order valence-electron chi connectivity index (χ4n) is 1.74. The summed E-state index contributed by atoms with van der Waals surface area (Å²) in [5.74, 6) is 1.82. The van der Waals surface area contributed by atoms with Gasteiger partial charge in [-0.3, -0.25) is 0 Å². The third-order valence-corrected chi connectivity index (χ3v) is 2.56. The number of hydrogen-bond donors (Lipinski definition) is 1. The first kappa shape index (κ1) is 11.8. The molecule has 1 atom stereocenters. The van der Waals surface area contributed by atoms with Crippen LogP contribution in [0, 0.1) is 6.92 Å². The van der Waals surface area contributed by atoms with E-state index in [-0.39, 0.29) is 6.04 Å². The molecule has 17 heavy (non-hydrogen) atoms. The van der Waals surface area contributed by atoms with Gasteiger partial charge in [0.05, 0.1) is 6.04 Å². The Kier molecular flexibility index (Phi) is 3.88. The number of nitrogens with zero attached hydrogens (tertiary/aromatic N) is 2. The van der Waals surface area contributed by atoms with Crippen molar-refractivity contribution in [2.75, 3.05) is 6.54 Å². The first-order valence-corrected chi connectivity index (χ1v) is 5.86. The van der Waals surface area contributed by atoms with Gasteiger partial charge < -0.3 is 9.73 Å². The van der Waals surface area contributed by atoms with Gasteiger partial charge in [-0.05, 0) is 32.0 Å². The highest BCUT2D eigenvalue weighted by Gasteiger charge is 2.16. The molecular formula is C13H17N3O. The van der Waals surface area contributed by atoms with Crippen molar-refractivity contribution in [1.29, 1.82) is 0 Å². The molecule has 0 radical (unpaired) electrons. The average Bonchev–Trinajstić information content (AvgIpc) is 2.78. The van der Waals surface area contributed by atoms with Gasteiger partial charge in [-0.1, -0.05) is 6.92 Å². The third kappa shape index (κ3) is 2.91. The fraction of sp³-hybridized carbons (Fsp3) is 0.385. The molecule has 0 aromatic carbocycles. The predicted octanol–water partition coefficient (Wildman–Crippen LogP) is 2.47. The van der Waals surface area contributed by atoms with Crippen molar-refractivity contribution in [2.24, 2.45) is 0 Å². The Morgan fingerprint density at radius 3 is 2.65 bits per heavy atom. The van der Waals surface area contributed by atoms with Crippen molar-refractivity contribution in [3.8, 4) is 0 Å². The quantitative estimate of drug-likeness (QED) is 0.858. The second-order valence-corrected chi connectivity index (χ2v) is 4.01. The van der Waals surface area contributed by atoms with Crippen LogP contribution in [0.25, 0.3) is 0 Å². The van der Waals surface area contributed by atoms with Crippen LogP contribution >= 0.6 is 0 Å². The maximum absolute atomic E-state index is 5.68. The Hall–Kier alpha value is -1.68. The lowest BCUT2D eigenvalue weighted by molar-refractivity contribution is 0.429. The Morgan fingerprint density at radius 1 is 1.29 bits per heavy atom. The monoisotopic (exact) mass is 231 g/mol. The van der Waals surface area contributed by atoms with Crippen LogP contribution in [0.4, 0.5) is 0 Å². The van der Waals surface area contributed by atoms with Gasteiger partial charge in [-0.2, -0.15) is 0 Å². The summed E-state index contributed by atoms with van der Waals surface area (Å²) in [5, 5.41) is 3.44. The molecule has 1 unspecified atom stereocenters. The molecule has 0 spiro atoms. The highest BCUT2D eigenvalue weighted by atomic mass is 16.3. The van der Waals surface area contributed by atoms with Gasteiger partial charge in [-0.25, -0.2) is 9.97 Å². The SMILES string of the molecule is CCCNC(c1cncnc1)c1ccc(C)o1. The second-order valence-electron chi connectivity index (χ2n) is 4.01.